The maximum Gasteiger partial charge on any atom is 0.341 e. The van der Waals surface area contributed by atoms with E-state index in [0.717, 1.165) is 12.1 Å². The lowest BCUT2D eigenvalue weighted by Crippen LogP contribution is -2.58. The van der Waals surface area contributed by atoms with Gasteiger partial charge in [-0.15, -0.1) is 0 Å². The van der Waals surface area contributed by atoms with Crippen LogP contribution in [0, 0.1) is 28.8 Å². The second-order valence-electron chi connectivity index (χ2n) is 6.78. The average Bonchev–Trinajstić information content (AvgIpc) is 3.14. The number of amides is 2. The van der Waals surface area contributed by atoms with Crippen molar-refractivity contribution in [2.45, 2.75) is 18.6 Å². The fraction of sp³-hybridized carbons (Fsp3) is 0.250. The molecule has 1 fully saturated rings. The second kappa shape index (κ2) is 7.47. The summed E-state index contributed by atoms with van der Waals surface area (Å²) in [5.41, 5.74) is 0.585. The van der Waals surface area contributed by atoms with Crippen molar-refractivity contribution >= 4 is 12.2 Å². The first-order valence-electron chi connectivity index (χ1n) is 8.87. The Bertz CT molecular complexity index is 1010. The highest BCUT2D eigenvalue weighted by Gasteiger charge is 2.39. The minimum Gasteiger partial charge on any atom is -0.484 e. The van der Waals surface area contributed by atoms with Gasteiger partial charge in [-0.25, -0.2) is 23.0 Å². The zero-order chi connectivity index (χ0) is 20.5. The van der Waals surface area contributed by atoms with E-state index in [1.807, 2.05) is 6.07 Å². The first-order valence-corrected chi connectivity index (χ1v) is 8.87. The Kier molecular flexibility index (Phi) is 4.84. The van der Waals surface area contributed by atoms with E-state index in [1.54, 1.807) is 0 Å². The van der Waals surface area contributed by atoms with Crippen LogP contribution < -0.4 is 4.74 Å². The standard InChI is InChI=1S/C20H15F3N4O2/c21-14-6-13(7-15(22)8-14)18-3-4-25-27(18)20(28)26-10-16(11-26)29-19-5-12(9-24)1-2-17(19)23/h1-2,4-8,16,18H,3,10-11H2/t18-/m0/s1. The highest BCUT2D eigenvalue weighted by atomic mass is 19.1. The number of benzene rings is 2. The van der Waals surface area contributed by atoms with Crippen molar-refractivity contribution in [1.29, 1.82) is 5.26 Å². The van der Waals surface area contributed by atoms with Gasteiger partial charge in [-0.2, -0.15) is 10.4 Å². The van der Waals surface area contributed by atoms with E-state index in [9.17, 15) is 18.0 Å². The Labute approximate surface area is 164 Å². The molecule has 2 heterocycles. The number of hydrogen-bond acceptors (Lipinski definition) is 4. The van der Waals surface area contributed by atoms with Gasteiger partial charge in [0.2, 0.25) is 0 Å². The highest BCUT2D eigenvalue weighted by molar-refractivity contribution is 5.79. The number of halogens is 3. The number of hydrogen-bond donors (Lipinski definition) is 0. The third kappa shape index (κ3) is 3.74. The van der Waals surface area contributed by atoms with Crippen LogP contribution in [-0.4, -0.2) is 41.3 Å². The molecule has 0 saturated carbocycles. The molecule has 1 atom stereocenters. The molecule has 0 bridgehead atoms. The Morgan fingerprint density at radius 2 is 1.86 bits per heavy atom. The quantitative estimate of drug-likeness (QED) is 0.791. The van der Waals surface area contributed by atoms with Gasteiger partial charge in [-0.3, -0.25) is 0 Å². The van der Waals surface area contributed by atoms with Crippen LogP contribution in [0.2, 0.25) is 0 Å². The van der Waals surface area contributed by atoms with Gasteiger partial charge in [-0.1, -0.05) is 0 Å². The summed E-state index contributed by atoms with van der Waals surface area (Å²) >= 11 is 0. The molecule has 0 unspecified atom stereocenters. The largest absolute Gasteiger partial charge is 0.484 e. The van der Waals surface area contributed by atoms with Crippen molar-refractivity contribution in [3.05, 3.63) is 65.0 Å². The molecule has 9 heteroatoms. The van der Waals surface area contributed by atoms with Gasteiger partial charge in [0, 0.05) is 24.8 Å². The fourth-order valence-electron chi connectivity index (χ4n) is 3.30. The minimum absolute atomic E-state index is 0.0477. The van der Waals surface area contributed by atoms with Crippen LogP contribution in [0.4, 0.5) is 18.0 Å². The molecule has 2 aromatic carbocycles. The number of carbonyl (C=O) groups is 1. The van der Waals surface area contributed by atoms with Gasteiger partial charge >= 0.3 is 6.03 Å². The lowest BCUT2D eigenvalue weighted by atomic mass is 10.0. The molecule has 4 rings (SSSR count). The molecule has 0 spiro atoms. The van der Waals surface area contributed by atoms with Gasteiger partial charge in [-0.05, 0) is 29.8 Å². The van der Waals surface area contributed by atoms with E-state index in [2.05, 4.69) is 5.10 Å². The number of urea groups is 1. The van der Waals surface area contributed by atoms with Crippen molar-refractivity contribution in [1.82, 2.24) is 9.91 Å². The van der Waals surface area contributed by atoms with Crippen LogP contribution in [0.5, 0.6) is 5.75 Å². The van der Waals surface area contributed by atoms with Crippen LogP contribution in [0.1, 0.15) is 23.6 Å². The normalized spacial score (nSPS) is 18.5. The number of nitriles is 1. The first-order chi connectivity index (χ1) is 13.9. The van der Waals surface area contributed by atoms with Crippen LogP contribution in [0.3, 0.4) is 0 Å². The Morgan fingerprint density at radius 3 is 2.55 bits per heavy atom. The van der Waals surface area contributed by atoms with Crippen LogP contribution in [0.25, 0.3) is 0 Å². The van der Waals surface area contributed by atoms with Crippen LogP contribution >= 0.6 is 0 Å². The minimum atomic E-state index is -0.724. The third-order valence-electron chi connectivity index (χ3n) is 4.77. The number of hydrazone groups is 1. The predicted octanol–water partition coefficient (Wildman–Crippen LogP) is 3.59. The van der Waals surface area contributed by atoms with Crippen molar-refractivity contribution in [2.24, 2.45) is 5.10 Å². The number of rotatable bonds is 3. The lowest BCUT2D eigenvalue weighted by Gasteiger charge is -2.41. The zero-order valence-electron chi connectivity index (χ0n) is 15.1. The SMILES string of the molecule is N#Cc1ccc(F)c(OC2CN(C(=O)N3N=CC[C@H]3c3cc(F)cc(F)c3)C2)c1. The van der Waals surface area contributed by atoms with E-state index in [-0.39, 0.29) is 24.4 Å². The Hall–Kier alpha value is -3.54. The van der Waals surface area contributed by atoms with Crippen LogP contribution in [0.15, 0.2) is 41.5 Å². The number of ether oxygens (including phenoxy) is 1. The monoisotopic (exact) mass is 400 g/mol. The maximum atomic E-state index is 13.8. The summed E-state index contributed by atoms with van der Waals surface area (Å²) in [6.07, 6.45) is 1.43. The van der Waals surface area contributed by atoms with Crippen molar-refractivity contribution in [3.63, 3.8) is 0 Å². The molecular formula is C20H15F3N4O2. The predicted molar refractivity (Wildman–Crippen MR) is 96.5 cm³/mol. The number of carbonyl (C=O) groups excluding carboxylic acids is 1. The van der Waals surface area contributed by atoms with E-state index in [4.69, 9.17) is 10.00 Å². The molecule has 2 aromatic rings. The Morgan fingerprint density at radius 1 is 1.14 bits per heavy atom. The van der Waals surface area contributed by atoms with Gasteiger partial charge < -0.3 is 9.64 Å². The molecule has 0 aliphatic carbocycles. The second-order valence-corrected chi connectivity index (χ2v) is 6.78. The molecule has 1 saturated heterocycles. The Balaban J connectivity index is 1.40. The average molecular weight is 400 g/mol. The summed E-state index contributed by atoms with van der Waals surface area (Å²) < 4.78 is 46.4. The van der Waals surface area contributed by atoms with Gasteiger partial charge in [0.05, 0.1) is 30.8 Å². The maximum absolute atomic E-state index is 13.8. The number of nitrogens with zero attached hydrogens (tertiary/aromatic N) is 4. The first kappa shape index (κ1) is 18.8. The molecule has 0 N–H and O–H groups in total. The topological polar surface area (TPSA) is 68.9 Å². The lowest BCUT2D eigenvalue weighted by molar-refractivity contribution is 0.0257. The zero-order valence-corrected chi connectivity index (χ0v) is 15.1. The summed E-state index contributed by atoms with van der Waals surface area (Å²) in [6, 6.07) is 7.80. The van der Waals surface area contributed by atoms with Gasteiger partial charge in [0.25, 0.3) is 0 Å². The molecule has 2 amide bonds. The van der Waals surface area contributed by atoms with Crippen molar-refractivity contribution in [3.8, 4) is 11.8 Å². The third-order valence-corrected chi connectivity index (χ3v) is 4.77. The summed E-state index contributed by atoms with van der Waals surface area (Å²) in [7, 11) is 0. The summed E-state index contributed by atoms with van der Waals surface area (Å²) in [6.45, 7) is 0.399. The van der Waals surface area contributed by atoms with Crippen LogP contribution in [-0.2, 0) is 0 Å². The van der Waals surface area contributed by atoms with E-state index in [1.165, 1.54) is 40.4 Å². The summed E-state index contributed by atoms with van der Waals surface area (Å²) in [4.78, 5) is 14.2. The molecule has 0 radical (unpaired) electrons. The highest BCUT2D eigenvalue weighted by Crippen LogP contribution is 2.32. The molecule has 6 nitrogen and oxygen atoms in total. The van der Waals surface area contributed by atoms with E-state index >= 15 is 0 Å². The molecule has 29 heavy (non-hydrogen) atoms. The van der Waals surface area contributed by atoms with Crippen molar-refractivity contribution in [2.75, 3.05) is 13.1 Å². The van der Waals surface area contributed by atoms with Gasteiger partial charge in [0.15, 0.2) is 11.6 Å². The molecule has 0 aromatic heterocycles. The van der Waals surface area contributed by atoms with E-state index < -0.39 is 35.6 Å². The fourth-order valence-corrected chi connectivity index (χ4v) is 3.30. The molecular weight excluding hydrogens is 385 g/mol. The van der Waals surface area contributed by atoms with Gasteiger partial charge in [0.1, 0.15) is 17.7 Å². The van der Waals surface area contributed by atoms with Crippen molar-refractivity contribution < 1.29 is 22.7 Å². The molecule has 2 aliphatic rings. The summed E-state index contributed by atoms with van der Waals surface area (Å²) in [5.74, 6) is -2.09. The smallest absolute Gasteiger partial charge is 0.341 e. The number of likely N-dealkylation sites (tertiary alicyclic amines) is 1. The summed E-state index contributed by atoms with van der Waals surface area (Å²) in [5, 5.41) is 14.1. The van der Waals surface area contributed by atoms with E-state index in [0.29, 0.717) is 12.0 Å². The molecule has 148 valence electrons. The molecule has 2 aliphatic heterocycles.